The van der Waals surface area contributed by atoms with Crippen molar-refractivity contribution in [1.82, 2.24) is 10.2 Å². The molecular weight excluding hydrogens is 256 g/mol. The van der Waals surface area contributed by atoms with E-state index in [-0.39, 0.29) is 6.10 Å². The Morgan fingerprint density at radius 3 is 2.70 bits per heavy atom. The fourth-order valence-electron chi connectivity index (χ4n) is 2.91. The van der Waals surface area contributed by atoms with Gasteiger partial charge in [-0.1, -0.05) is 6.92 Å². The van der Waals surface area contributed by atoms with E-state index in [9.17, 15) is 9.90 Å². The maximum absolute atomic E-state index is 11.5. The Morgan fingerprint density at radius 1 is 1.45 bits per heavy atom. The van der Waals surface area contributed by atoms with Crippen molar-refractivity contribution in [3.8, 4) is 0 Å². The molecule has 116 valence electrons. The van der Waals surface area contributed by atoms with Crippen molar-refractivity contribution in [2.24, 2.45) is 5.92 Å². The topological polar surface area (TPSA) is 61.8 Å². The van der Waals surface area contributed by atoms with Crippen molar-refractivity contribution >= 4 is 5.97 Å². The molecule has 1 saturated heterocycles. The maximum Gasteiger partial charge on any atom is 0.323 e. The first-order chi connectivity index (χ1) is 9.44. The van der Waals surface area contributed by atoms with Gasteiger partial charge in [0.05, 0.1) is 6.10 Å². The van der Waals surface area contributed by atoms with E-state index in [1.807, 2.05) is 6.92 Å². The molecule has 1 heterocycles. The normalized spacial score (nSPS) is 30.9. The number of hydrogen-bond donors (Lipinski definition) is 2. The minimum atomic E-state index is -0.799. The Kier molecular flexibility index (Phi) is 5.04. The average molecular weight is 284 g/mol. The van der Waals surface area contributed by atoms with Crippen LogP contribution in [0.15, 0.2) is 0 Å². The molecule has 1 saturated carbocycles. The van der Waals surface area contributed by atoms with E-state index in [0.717, 1.165) is 38.9 Å². The van der Waals surface area contributed by atoms with Gasteiger partial charge in [0, 0.05) is 26.2 Å². The van der Waals surface area contributed by atoms with Crippen LogP contribution in [0.4, 0.5) is 0 Å². The van der Waals surface area contributed by atoms with Gasteiger partial charge in [-0.2, -0.15) is 0 Å². The molecule has 0 spiro atoms. The molecular formula is C15H28N2O3. The van der Waals surface area contributed by atoms with E-state index >= 15 is 0 Å². The monoisotopic (exact) mass is 284 g/mol. The van der Waals surface area contributed by atoms with Crippen LogP contribution in [0.5, 0.6) is 0 Å². The predicted molar refractivity (Wildman–Crippen MR) is 77.8 cm³/mol. The molecule has 2 N–H and O–H groups in total. The molecule has 5 nitrogen and oxygen atoms in total. The smallest absolute Gasteiger partial charge is 0.323 e. The largest absolute Gasteiger partial charge is 0.480 e. The van der Waals surface area contributed by atoms with Crippen molar-refractivity contribution in [2.45, 2.75) is 57.2 Å². The molecule has 5 heteroatoms. The summed E-state index contributed by atoms with van der Waals surface area (Å²) in [6, 6.07) is 0.407. The molecule has 0 bridgehead atoms. The van der Waals surface area contributed by atoms with E-state index in [1.165, 1.54) is 0 Å². The van der Waals surface area contributed by atoms with E-state index < -0.39 is 11.5 Å². The van der Waals surface area contributed by atoms with Gasteiger partial charge in [-0.3, -0.25) is 10.1 Å². The summed E-state index contributed by atoms with van der Waals surface area (Å²) in [6.07, 6.45) is 4.25. The summed E-state index contributed by atoms with van der Waals surface area (Å²) in [5.74, 6) is -0.148. The molecule has 1 aliphatic heterocycles. The first kappa shape index (κ1) is 15.7. The number of carboxylic acid groups (broad SMARTS) is 1. The molecule has 0 aromatic heterocycles. The van der Waals surface area contributed by atoms with Gasteiger partial charge in [-0.25, -0.2) is 0 Å². The summed E-state index contributed by atoms with van der Waals surface area (Å²) in [7, 11) is 1.76. The van der Waals surface area contributed by atoms with Crippen molar-refractivity contribution < 1.29 is 14.6 Å². The van der Waals surface area contributed by atoms with Crippen LogP contribution in [0.25, 0.3) is 0 Å². The fraction of sp³-hybridized carbons (Fsp3) is 0.933. The molecule has 0 amide bonds. The second-order valence-corrected chi connectivity index (χ2v) is 6.65. The second-order valence-electron chi connectivity index (χ2n) is 6.65. The number of nitrogens with one attached hydrogen (secondary N) is 1. The van der Waals surface area contributed by atoms with E-state index in [4.69, 9.17) is 4.74 Å². The second kappa shape index (κ2) is 6.41. The molecule has 0 aromatic rings. The average Bonchev–Trinajstić information content (AvgIpc) is 3.21. The minimum absolute atomic E-state index is 0.274. The van der Waals surface area contributed by atoms with Gasteiger partial charge >= 0.3 is 5.97 Å². The lowest BCUT2D eigenvalue weighted by Gasteiger charge is -2.37. The lowest BCUT2D eigenvalue weighted by Crippen LogP contribution is -2.53. The molecule has 2 fully saturated rings. The Morgan fingerprint density at radius 2 is 2.15 bits per heavy atom. The number of piperidine rings is 1. The summed E-state index contributed by atoms with van der Waals surface area (Å²) in [5, 5.41) is 12.8. The third-order valence-electron chi connectivity index (χ3n) is 4.78. The lowest BCUT2D eigenvalue weighted by molar-refractivity contribution is -0.144. The van der Waals surface area contributed by atoms with Gasteiger partial charge in [-0.15, -0.1) is 0 Å². The third kappa shape index (κ3) is 3.93. The molecule has 3 unspecified atom stereocenters. The summed E-state index contributed by atoms with van der Waals surface area (Å²) in [5.41, 5.74) is -0.799. The molecule has 2 aliphatic rings. The van der Waals surface area contributed by atoms with Gasteiger partial charge in [0.1, 0.15) is 5.54 Å². The first-order valence-electron chi connectivity index (χ1n) is 7.71. The number of nitrogens with zero attached hydrogens (tertiary/aromatic N) is 1. The molecule has 3 atom stereocenters. The van der Waals surface area contributed by atoms with Crippen molar-refractivity contribution in [2.75, 3.05) is 26.7 Å². The van der Waals surface area contributed by atoms with Crippen molar-refractivity contribution in [1.29, 1.82) is 0 Å². The maximum atomic E-state index is 11.5. The zero-order chi connectivity index (χ0) is 14.8. The van der Waals surface area contributed by atoms with Crippen LogP contribution in [0.1, 0.15) is 39.5 Å². The highest BCUT2D eigenvalue weighted by atomic mass is 16.5. The predicted octanol–water partition coefficient (Wildman–Crippen LogP) is 1.33. The van der Waals surface area contributed by atoms with E-state index in [1.54, 1.807) is 7.11 Å². The fourth-order valence-corrected chi connectivity index (χ4v) is 2.91. The number of rotatable bonds is 7. The zero-order valence-electron chi connectivity index (χ0n) is 12.9. The first-order valence-corrected chi connectivity index (χ1v) is 7.71. The highest BCUT2D eigenvalue weighted by Gasteiger charge is 2.39. The minimum Gasteiger partial charge on any atom is -0.480 e. The highest BCUT2D eigenvalue weighted by molar-refractivity contribution is 5.78. The number of methoxy groups -OCH3 is 1. The van der Waals surface area contributed by atoms with Crippen molar-refractivity contribution in [3.05, 3.63) is 0 Å². The van der Waals surface area contributed by atoms with Crippen LogP contribution in [-0.4, -0.2) is 60.4 Å². The SMILES string of the molecule is COC1CN(CCC(C)(NC2CC2)C(=O)O)CCC1C. The van der Waals surface area contributed by atoms with Crippen LogP contribution in [-0.2, 0) is 9.53 Å². The molecule has 0 radical (unpaired) electrons. The number of hydrogen-bond acceptors (Lipinski definition) is 4. The Balaban J connectivity index is 1.84. The van der Waals surface area contributed by atoms with Crippen LogP contribution >= 0.6 is 0 Å². The van der Waals surface area contributed by atoms with Crippen LogP contribution < -0.4 is 5.32 Å². The van der Waals surface area contributed by atoms with E-state index in [2.05, 4.69) is 17.1 Å². The summed E-state index contributed by atoms with van der Waals surface area (Å²) in [6.45, 7) is 6.81. The van der Waals surface area contributed by atoms with Gasteiger partial charge in [-0.05, 0) is 45.1 Å². The summed E-state index contributed by atoms with van der Waals surface area (Å²) >= 11 is 0. The quantitative estimate of drug-likeness (QED) is 0.738. The number of aliphatic carboxylic acids is 1. The number of carbonyl (C=O) groups is 1. The number of carboxylic acids is 1. The molecule has 1 aliphatic carbocycles. The number of likely N-dealkylation sites (tertiary alicyclic amines) is 1. The van der Waals surface area contributed by atoms with Crippen LogP contribution in [0.2, 0.25) is 0 Å². The van der Waals surface area contributed by atoms with Gasteiger partial charge < -0.3 is 14.7 Å². The molecule has 20 heavy (non-hydrogen) atoms. The zero-order valence-corrected chi connectivity index (χ0v) is 12.9. The van der Waals surface area contributed by atoms with Gasteiger partial charge in [0.15, 0.2) is 0 Å². The third-order valence-corrected chi connectivity index (χ3v) is 4.78. The standard InChI is InChI=1S/C15H28N2O3/c1-11-6-8-17(10-13(11)20-3)9-7-15(2,14(18)19)16-12-4-5-12/h11-13,16H,4-10H2,1-3H3,(H,18,19). The Labute approximate surface area is 121 Å². The van der Waals surface area contributed by atoms with Gasteiger partial charge in [0.25, 0.3) is 0 Å². The van der Waals surface area contributed by atoms with Crippen molar-refractivity contribution in [3.63, 3.8) is 0 Å². The molecule has 2 rings (SSSR count). The summed E-state index contributed by atoms with van der Waals surface area (Å²) in [4.78, 5) is 13.9. The lowest BCUT2D eigenvalue weighted by atomic mass is 9.93. The van der Waals surface area contributed by atoms with E-state index in [0.29, 0.717) is 18.4 Å². The van der Waals surface area contributed by atoms with Crippen LogP contribution in [0.3, 0.4) is 0 Å². The van der Waals surface area contributed by atoms with Gasteiger partial charge in [0.2, 0.25) is 0 Å². The Hall–Kier alpha value is -0.650. The number of ether oxygens (including phenoxy) is 1. The molecule has 0 aromatic carbocycles. The van der Waals surface area contributed by atoms with Crippen LogP contribution in [0, 0.1) is 5.92 Å². The summed E-state index contributed by atoms with van der Waals surface area (Å²) < 4.78 is 5.51. The highest BCUT2D eigenvalue weighted by Crippen LogP contribution is 2.25. The Bertz CT molecular complexity index is 346.